The Bertz CT molecular complexity index is 1400. The molecule has 0 spiro atoms. The second kappa shape index (κ2) is 13.4. The number of halogens is 3. The van der Waals surface area contributed by atoms with Crippen molar-refractivity contribution in [2.24, 2.45) is 0 Å². The van der Waals surface area contributed by atoms with Gasteiger partial charge in [0.1, 0.15) is 23.3 Å². The first-order valence-corrected chi connectivity index (χ1v) is 13.9. The molecule has 0 radical (unpaired) electrons. The maximum Gasteiger partial charge on any atom is 0.305 e. The van der Waals surface area contributed by atoms with Crippen LogP contribution < -0.4 is 4.90 Å². The minimum absolute atomic E-state index is 0.130. The number of rotatable bonds is 11. The molecule has 4 rings (SSSR count). The Morgan fingerprint density at radius 2 is 1.57 bits per heavy atom. The van der Waals surface area contributed by atoms with E-state index in [0.29, 0.717) is 30.2 Å². The second-order valence-corrected chi connectivity index (χ2v) is 10.8. The average molecular weight is 589 g/mol. The second-order valence-electron chi connectivity index (χ2n) is 10.8. The third-order valence-electron chi connectivity index (χ3n) is 7.32. The lowest BCUT2D eigenvalue weighted by Crippen LogP contribution is -2.49. The van der Waals surface area contributed by atoms with E-state index in [2.05, 4.69) is 0 Å². The Morgan fingerprint density at radius 3 is 2.17 bits per heavy atom. The number of anilines is 1. The lowest BCUT2D eigenvalue weighted by atomic mass is 10.0. The molecular formula is C30H35F3N4O5. The van der Waals surface area contributed by atoms with Gasteiger partial charge in [0, 0.05) is 44.4 Å². The fourth-order valence-electron chi connectivity index (χ4n) is 5.29. The van der Waals surface area contributed by atoms with Gasteiger partial charge in [0.05, 0.1) is 30.0 Å². The lowest BCUT2D eigenvalue weighted by molar-refractivity contribution is -0.139. The molecule has 226 valence electrons. The SMILES string of the molecule is CC(C)c1c(C(=O)N2CCN(c3ccc(F)cc3F)CC2)nc(-c2ccc(F)cc2)n1CC[C@@H](O)C[C@@H](O)CC(=O)O. The van der Waals surface area contributed by atoms with Crippen molar-refractivity contribution < 1.29 is 38.1 Å². The molecule has 0 bridgehead atoms. The number of carboxylic acids is 1. The molecular weight excluding hydrogens is 553 g/mol. The van der Waals surface area contributed by atoms with Gasteiger partial charge in [-0.05, 0) is 55.2 Å². The van der Waals surface area contributed by atoms with Crippen molar-refractivity contribution in [1.82, 2.24) is 14.5 Å². The van der Waals surface area contributed by atoms with Gasteiger partial charge in [0.15, 0.2) is 5.69 Å². The largest absolute Gasteiger partial charge is 0.481 e. The molecule has 9 nitrogen and oxygen atoms in total. The van der Waals surface area contributed by atoms with Crippen molar-refractivity contribution in [2.45, 2.75) is 57.8 Å². The van der Waals surface area contributed by atoms with Crippen LogP contribution in [0.1, 0.15) is 55.2 Å². The van der Waals surface area contributed by atoms with Gasteiger partial charge in [-0.3, -0.25) is 9.59 Å². The number of hydrogen-bond acceptors (Lipinski definition) is 6. The number of hydrogen-bond donors (Lipinski definition) is 3. The van der Waals surface area contributed by atoms with Crippen molar-refractivity contribution >= 4 is 17.6 Å². The van der Waals surface area contributed by atoms with Crippen molar-refractivity contribution in [3.8, 4) is 11.4 Å². The lowest BCUT2D eigenvalue weighted by Gasteiger charge is -2.36. The van der Waals surface area contributed by atoms with Gasteiger partial charge in [-0.15, -0.1) is 0 Å². The van der Waals surface area contributed by atoms with E-state index >= 15 is 0 Å². The van der Waals surface area contributed by atoms with E-state index in [9.17, 15) is 33.0 Å². The van der Waals surface area contributed by atoms with Crippen molar-refractivity contribution in [3.63, 3.8) is 0 Å². The number of aliphatic carboxylic acids is 1. The summed E-state index contributed by atoms with van der Waals surface area (Å²) in [6.45, 7) is 5.25. The Morgan fingerprint density at radius 1 is 0.929 bits per heavy atom. The Hall–Kier alpha value is -3.90. The number of aliphatic hydroxyl groups excluding tert-OH is 2. The Labute approximate surface area is 241 Å². The molecule has 1 saturated heterocycles. The number of piperazine rings is 1. The van der Waals surface area contributed by atoms with Crippen LogP contribution in [0.15, 0.2) is 42.5 Å². The van der Waals surface area contributed by atoms with E-state index in [-0.39, 0.29) is 55.7 Å². The van der Waals surface area contributed by atoms with Gasteiger partial charge in [-0.25, -0.2) is 18.2 Å². The van der Waals surface area contributed by atoms with Gasteiger partial charge < -0.3 is 29.7 Å². The summed E-state index contributed by atoms with van der Waals surface area (Å²) in [5, 5.41) is 29.4. The molecule has 0 saturated carbocycles. The molecule has 3 N–H and O–H groups in total. The van der Waals surface area contributed by atoms with E-state index in [1.807, 2.05) is 18.4 Å². The summed E-state index contributed by atoms with van der Waals surface area (Å²) in [7, 11) is 0. The average Bonchev–Trinajstić information content (AvgIpc) is 3.31. The van der Waals surface area contributed by atoms with Crippen LogP contribution in [0.4, 0.5) is 18.9 Å². The highest BCUT2D eigenvalue weighted by molar-refractivity contribution is 5.94. The van der Waals surface area contributed by atoms with Crippen LogP contribution in [0.5, 0.6) is 0 Å². The van der Waals surface area contributed by atoms with Gasteiger partial charge in [0.2, 0.25) is 0 Å². The zero-order chi connectivity index (χ0) is 30.6. The highest BCUT2D eigenvalue weighted by Crippen LogP contribution is 2.30. The summed E-state index contributed by atoms with van der Waals surface area (Å²) < 4.78 is 43.2. The first-order valence-electron chi connectivity index (χ1n) is 13.9. The van der Waals surface area contributed by atoms with Gasteiger partial charge in [0.25, 0.3) is 5.91 Å². The maximum atomic E-state index is 14.3. The number of carbonyl (C=O) groups is 2. The number of aliphatic hydroxyl groups is 2. The highest BCUT2D eigenvalue weighted by atomic mass is 19.1. The Kier molecular flexibility index (Phi) is 9.89. The topological polar surface area (TPSA) is 119 Å². The molecule has 12 heteroatoms. The summed E-state index contributed by atoms with van der Waals surface area (Å²) in [6.07, 6.45) is -2.69. The molecule has 0 unspecified atom stereocenters. The smallest absolute Gasteiger partial charge is 0.305 e. The minimum atomic E-state index is -1.21. The quantitative estimate of drug-likeness (QED) is 0.310. The fourth-order valence-corrected chi connectivity index (χ4v) is 5.29. The van der Waals surface area contributed by atoms with E-state index in [0.717, 1.165) is 6.07 Å². The molecule has 2 atom stereocenters. The molecule has 1 aliphatic rings. The van der Waals surface area contributed by atoms with Crippen LogP contribution >= 0.6 is 0 Å². The fraction of sp³-hybridized carbons (Fsp3) is 0.433. The monoisotopic (exact) mass is 588 g/mol. The van der Waals surface area contributed by atoms with Crippen LogP contribution in [-0.4, -0.2) is 80.0 Å². The zero-order valence-electron chi connectivity index (χ0n) is 23.5. The van der Waals surface area contributed by atoms with Crippen LogP contribution in [-0.2, 0) is 11.3 Å². The number of carboxylic acid groups (broad SMARTS) is 1. The summed E-state index contributed by atoms with van der Waals surface area (Å²) in [5.74, 6) is -3.02. The predicted octanol–water partition coefficient (Wildman–Crippen LogP) is 4.03. The van der Waals surface area contributed by atoms with Gasteiger partial charge >= 0.3 is 5.97 Å². The molecule has 0 aliphatic carbocycles. The molecule has 2 heterocycles. The predicted molar refractivity (Wildman–Crippen MR) is 150 cm³/mol. The number of nitrogens with zero attached hydrogens (tertiary/aromatic N) is 4. The van der Waals surface area contributed by atoms with Gasteiger partial charge in [-0.2, -0.15) is 0 Å². The van der Waals surface area contributed by atoms with E-state index < -0.39 is 42.0 Å². The molecule has 2 aromatic carbocycles. The molecule has 1 amide bonds. The summed E-state index contributed by atoms with van der Waals surface area (Å²) in [5.41, 5.74) is 1.66. The van der Waals surface area contributed by atoms with Crippen molar-refractivity contribution in [1.29, 1.82) is 0 Å². The van der Waals surface area contributed by atoms with E-state index in [1.54, 1.807) is 21.9 Å². The molecule has 3 aromatic rings. The number of imidazole rings is 1. The third kappa shape index (κ3) is 7.29. The number of amides is 1. The van der Waals surface area contributed by atoms with Crippen molar-refractivity contribution in [2.75, 3.05) is 31.1 Å². The van der Waals surface area contributed by atoms with E-state index in [4.69, 9.17) is 10.1 Å². The molecule has 1 aliphatic heterocycles. The maximum absolute atomic E-state index is 14.3. The summed E-state index contributed by atoms with van der Waals surface area (Å²) >= 11 is 0. The van der Waals surface area contributed by atoms with Crippen LogP contribution in [0.2, 0.25) is 0 Å². The standard InChI is InChI=1S/C30H35F3N4O5/c1-18(2)28-27(30(42)36-13-11-35(12-14-36)25-8-7-21(32)15-24(25)33)34-29(19-3-5-20(31)6-4-19)37(28)10-9-22(38)16-23(39)17-26(40)41/h3-8,15,18,22-23,38-39H,9-14,16-17H2,1-2H3,(H,40,41)/t22-,23-/m1/s1. The van der Waals surface area contributed by atoms with Crippen molar-refractivity contribution in [3.05, 3.63) is 71.3 Å². The molecule has 1 fully saturated rings. The summed E-state index contributed by atoms with van der Waals surface area (Å²) in [6, 6.07) is 9.08. The third-order valence-corrected chi connectivity index (χ3v) is 7.32. The first kappa shape index (κ1) is 31.0. The van der Waals surface area contributed by atoms with Gasteiger partial charge in [-0.1, -0.05) is 13.8 Å². The van der Waals surface area contributed by atoms with Crippen LogP contribution in [0.25, 0.3) is 11.4 Å². The number of benzene rings is 2. The number of carbonyl (C=O) groups excluding carboxylic acids is 1. The molecule has 42 heavy (non-hydrogen) atoms. The van der Waals surface area contributed by atoms with Crippen LogP contribution in [0, 0.1) is 17.5 Å². The summed E-state index contributed by atoms with van der Waals surface area (Å²) in [4.78, 5) is 32.8. The highest BCUT2D eigenvalue weighted by Gasteiger charge is 2.31. The first-order chi connectivity index (χ1) is 19.9. The normalized spacial score (nSPS) is 15.2. The Balaban J connectivity index is 1.59. The van der Waals surface area contributed by atoms with Crippen LogP contribution in [0.3, 0.4) is 0 Å². The minimum Gasteiger partial charge on any atom is -0.481 e. The molecule has 1 aromatic heterocycles. The number of aromatic nitrogens is 2. The van der Waals surface area contributed by atoms with E-state index in [1.165, 1.54) is 24.3 Å². The zero-order valence-corrected chi connectivity index (χ0v) is 23.5.